The van der Waals surface area contributed by atoms with Crippen LogP contribution < -0.4 is 5.32 Å². The summed E-state index contributed by atoms with van der Waals surface area (Å²) in [5.74, 6) is -0.0763. The molecular formula is C13H20ClN3O2S. The van der Waals surface area contributed by atoms with Gasteiger partial charge in [0.1, 0.15) is 0 Å². The van der Waals surface area contributed by atoms with E-state index < -0.39 is 0 Å². The van der Waals surface area contributed by atoms with Crippen LogP contribution in [0, 0.1) is 0 Å². The number of nitrogens with one attached hydrogen (secondary N) is 1. The van der Waals surface area contributed by atoms with E-state index in [0.29, 0.717) is 11.4 Å². The molecule has 1 aliphatic heterocycles. The number of piperazine rings is 1. The first-order valence-electron chi connectivity index (χ1n) is 6.38. The van der Waals surface area contributed by atoms with E-state index in [-0.39, 0.29) is 36.8 Å². The van der Waals surface area contributed by atoms with Crippen molar-refractivity contribution in [1.82, 2.24) is 15.1 Å². The van der Waals surface area contributed by atoms with E-state index in [1.807, 2.05) is 23.3 Å². The third-order valence-corrected chi connectivity index (χ3v) is 4.13. The number of carbonyl (C=O) groups excluding carboxylic acids is 2. The molecule has 2 heterocycles. The van der Waals surface area contributed by atoms with Crippen LogP contribution in [-0.2, 0) is 4.79 Å². The van der Waals surface area contributed by atoms with Crippen LogP contribution in [0.25, 0.3) is 0 Å². The summed E-state index contributed by atoms with van der Waals surface area (Å²) < 4.78 is 0. The summed E-state index contributed by atoms with van der Waals surface area (Å²) in [5.41, 5.74) is 0. The van der Waals surface area contributed by atoms with Crippen LogP contribution in [0.4, 0.5) is 0 Å². The van der Waals surface area contributed by atoms with Crippen molar-refractivity contribution in [2.45, 2.75) is 13.0 Å². The average Bonchev–Trinajstić information content (AvgIpc) is 2.92. The van der Waals surface area contributed by atoms with Crippen molar-refractivity contribution in [2.75, 3.05) is 33.2 Å². The molecule has 1 aromatic heterocycles. The summed E-state index contributed by atoms with van der Waals surface area (Å²) >= 11 is 1.40. The van der Waals surface area contributed by atoms with E-state index in [2.05, 4.69) is 5.32 Å². The molecule has 1 fully saturated rings. The Hall–Kier alpha value is -1.11. The molecule has 0 spiro atoms. The van der Waals surface area contributed by atoms with E-state index in [1.165, 1.54) is 16.2 Å². The number of thiophene rings is 1. The molecule has 2 amide bonds. The lowest BCUT2D eigenvalue weighted by Crippen LogP contribution is -2.54. The van der Waals surface area contributed by atoms with E-state index in [9.17, 15) is 9.59 Å². The summed E-state index contributed by atoms with van der Waals surface area (Å²) in [6.45, 7) is 4.50. The van der Waals surface area contributed by atoms with Gasteiger partial charge in [0.15, 0.2) is 0 Å². The van der Waals surface area contributed by atoms with E-state index in [0.717, 1.165) is 13.1 Å². The maximum atomic E-state index is 12.2. The normalized spacial score (nSPS) is 18.3. The van der Waals surface area contributed by atoms with Gasteiger partial charge in [-0.25, -0.2) is 0 Å². The standard InChI is InChI=1S/C13H19N3O2S.ClH/c1-10-8-14-5-6-16(10)12(17)9-15(2)13(18)11-4-3-7-19-11;/h3-4,7,10,14H,5-6,8-9H2,1-2H3;1H. The molecule has 1 unspecified atom stereocenters. The second-order valence-electron chi connectivity index (χ2n) is 4.78. The number of likely N-dealkylation sites (N-methyl/N-ethyl adjacent to an activating group) is 1. The second kappa shape index (κ2) is 7.61. The van der Waals surface area contributed by atoms with Crippen LogP contribution >= 0.6 is 23.7 Å². The lowest BCUT2D eigenvalue weighted by Gasteiger charge is -2.35. The first kappa shape index (κ1) is 16.9. The zero-order valence-electron chi connectivity index (χ0n) is 11.7. The number of rotatable bonds is 3. The number of halogens is 1. The number of hydrogen-bond acceptors (Lipinski definition) is 4. The molecule has 1 N–H and O–H groups in total. The minimum absolute atomic E-state index is 0. The Balaban J connectivity index is 0.00000200. The highest BCUT2D eigenvalue weighted by Gasteiger charge is 2.25. The molecule has 0 aliphatic carbocycles. The molecule has 0 radical (unpaired) electrons. The highest BCUT2D eigenvalue weighted by Crippen LogP contribution is 2.11. The summed E-state index contributed by atoms with van der Waals surface area (Å²) in [4.78, 5) is 28.3. The molecule has 1 aliphatic rings. The fourth-order valence-corrected chi connectivity index (χ4v) is 2.88. The molecule has 1 atom stereocenters. The minimum Gasteiger partial charge on any atom is -0.336 e. The molecule has 2 rings (SSSR count). The molecule has 1 aromatic rings. The number of hydrogen-bond donors (Lipinski definition) is 1. The third-order valence-electron chi connectivity index (χ3n) is 3.27. The summed E-state index contributed by atoms with van der Waals surface area (Å²) in [7, 11) is 1.67. The monoisotopic (exact) mass is 317 g/mol. The molecule has 1 saturated heterocycles. The Kier molecular flexibility index (Phi) is 6.45. The van der Waals surface area contributed by atoms with Crippen LogP contribution in [0.1, 0.15) is 16.6 Å². The zero-order chi connectivity index (χ0) is 13.8. The molecule has 7 heteroatoms. The highest BCUT2D eigenvalue weighted by molar-refractivity contribution is 7.12. The van der Waals surface area contributed by atoms with Gasteiger partial charge in [-0.2, -0.15) is 0 Å². The van der Waals surface area contributed by atoms with Crippen LogP contribution in [0.15, 0.2) is 17.5 Å². The maximum Gasteiger partial charge on any atom is 0.264 e. The van der Waals surface area contributed by atoms with Crippen LogP contribution in [-0.4, -0.2) is 60.9 Å². The Bertz CT molecular complexity index is 452. The van der Waals surface area contributed by atoms with Crippen LogP contribution in [0.3, 0.4) is 0 Å². The first-order chi connectivity index (χ1) is 9.09. The molecule has 0 saturated carbocycles. The van der Waals surface area contributed by atoms with E-state index in [1.54, 1.807) is 13.1 Å². The number of nitrogens with zero attached hydrogens (tertiary/aromatic N) is 2. The molecule has 20 heavy (non-hydrogen) atoms. The molecule has 112 valence electrons. The van der Waals surface area contributed by atoms with Crippen molar-refractivity contribution < 1.29 is 9.59 Å². The van der Waals surface area contributed by atoms with Crippen LogP contribution in [0.2, 0.25) is 0 Å². The molecule has 0 aromatic carbocycles. The van der Waals surface area contributed by atoms with Crippen molar-refractivity contribution >= 4 is 35.6 Å². The minimum atomic E-state index is -0.0915. The lowest BCUT2D eigenvalue weighted by molar-refractivity contribution is -0.134. The SMILES string of the molecule is CC1CNCCN1C(=O)CN(C)C(=O)c1cccs1.Cl. The topological polar surface area (TPSA) is 52.7 Å². The fourth-order valence-electron chi connectivity index (χ4n) is 2.17. The van der Waals surface area contributed by atoms with Gasteiger partial charge in [-0.05, 0) is 18.4 Å². The fraction of sp³-hybridized carbons (Fsp3) is 0.538. The van der Waals surface area contributed by atoms with Gasteiger partial charge in [0, 0.05) is 32.7 Å². The molecule has 0 bridgehead atoms. The van der Waals surface area contributed by atoms with Crippen LogP contribution in [0.5, 0.6) is 0 Å². The van der Waals surface area contributed by atoms with Gasteiger partial charge < -0.3 is 15.1 Å². The second-order valence-corrected chi connectivity index (χ2v) is 5.73. The van der Waals surface area contributed by atoms with Gasteiger partial charge in [0.05, 0.1) is 11.4 Å². The Morgan fingerprint density at radius 1 is 1.55 bits per heavy atom. The highest BCUT2D eigenvalue weighted by atomic mass is 35.5. The van der Waals surface area contributed by atoms with Crippen molar-refractivity contribution in [2.24, 2.45) is 0 Å². The van der Waals surface area contributed by atoms with Crippen molar-refractivity contribution in [1.29, 1.82) is 0 Å². The maximum absolute atomic E-state index is 12.2. The first-order valence-corrected chi connectivity index (χ1v) is 7.26. The third kappa shape index (κ3) is 3.94. The predicted molar refractivity (Wildman–Crippen MR) is 82.6 cm³/mol. The summed E-state index contributed by atoms with van der Waals surface area (Å²) in [5, 5.41) is 5.11. The lowest BCUT2D eigenvalue weighted by atomic mass is 10.2. The smallest absolute Gasteiger partial charge is 0.264 e. The van der Waals surface area contributed by atoms with Crippen molar-refractivity contribution in [3.8, 4) is 0 Å². The van der Waals surface area contributed by atoms with Crippen molar-refractivity contribution in [3.05, 3.63) is 22.4 Å². The molecular weight excluding hydrogens is 298 g/mol. The van der Waals surface area contributed by atoms with Gasteiger partial charge in [0.2, 0.25) is 5.91 Å². The van der Waals surface area contributed by atoms with Gasteiger partial charge in [-0.15, -0.1) is 23.7 Å². The number of carbonyl (C=O) groups is 2. The van der Waals surface area contributed by atoms with E-state index in [4.69, 9.17) is 0 Å². The molecule has 5 nitrogen and oxygen atoms in total. The Morgan fingerprint density at radius 2 is 2.30 bits per heavy atom. The van der Waals surface area contributed by atoms with E-state index >= 15 is 0 Å². The summed E-state index contributed by atoms with van der Waals surface area (Å²) in [6, 6.07) is 3.80. The zero-order valence-corrected chi connectivity index (χ0v) is 13.3. The largest absolute Gasteiger partial charge is 0.336 e. The Morgan fingerprint density at radius 3 is 2.90 bits per heavy atom. The van der Waals surface area contributed by atoms with Gasteiger partial charge in [-0.1, -0.05) is 6.07 Å². The average molecular weight is 318 g/mol. The van der Waals surface area contributed by atoms with Gasteiger partial charge >= 0.3 is 0 Å². The van der Waals surface area contributed by atoms with Gasteiger partial charge in [-0.3, -0.25) is 9.59 Å². The predicted octanol–water partition coefficient (Wildman–Crippen LogP) is 1.06. The Labute approximate surface area is 129 Å². The van der Waals surface area contributed by atoms with Gasteiger partial charge in [0.25, 0.3) is 5.91 Å². The van der Waals surface area contributed by atoms with Crippen molar-refractivity contribution in [3.63, 3.8) is 0 Å². The number of amides is 2. The summed E-state index contributed by atoms with van der Waals surface area (Å²) in [6.07, 6.45) is 0. The quantitative estimate of drug-likeness (QED) is 0.907.